The maximum Gasteiger partial charge on any atom is 0.229 e. The van der Waals surface area contributed by atoms with E-state index in [-0.39, 0.29) is 24.8 Å². The Bertz CT molecular complexity index is 1040. The van der Waals surface area contributed by atoms with Gasteiger partial charge in [-0.05, 0) is 12.1 Å². The number of anilines is 2. The third-order valence-electron chi connectivity index (χ3n) is 5.43. The number of carbonyl (C=O) groups is 2. The summed E-state index contributed by atoms with van der Waals surface area (Å²) in [7, 11) is 0. The largest absolute Gasteiger partial charge is 0.490 e. The number of amides is 2. The van der Waals surface area contributed by atoms with Crippen molar-refractivity contribution in [1.29, 1.82) is 0 Å². The Labute approximate surface area is 184 Å². The topological polar surface area (TPSA) is 86.3 Å². The summed E-state index contributed by atoms with van der Waals surface area (Å²) in [5, 5.41) is 3.19. The second kappa shape index (κ2) is 8.19. The van der Waals surface area contributed by atoms with Gasteiger partial charge in [-0.2, -0.15) is 0 Å². The Morgan fingerprint density at radius 2 is 1.61 bits per heavy atom. The van der Waals surface area contributed by atoms with Crippen LogP contribution in [0.4, 0.5) is 11.4 Å². The van der Waals surface area contributed by atoms with Crippen molar-refractivity contribution in [2.75, 3.05) is 43.2 Å². The molecule has 1 N–H and O–H groups in total. The number of carbonyl (C=O) groups excluding carboxylic acids is 2. The molecule has 1 fully saturated rings. The van der Waals surface area contributed by atoms with Crippen molar-refractivity contribution in [3.8, 4) is 23.0 Å². The lowest BCUT2D eigenvalue weighted by molar-refractivity contribution is -0.122. The molecule has 3 heterocycles. The molecule has 162 valence electrons. The van der Waals surface area contributed by atoms with Crippen LogP contribution in [-0.4, -0.2) is 44.8 Å². The van der Waals surface area contributed by atoms with Crippen LogP contribution in [0, 0.1) is 5.92 Å². The summed E-state index contributed by atoms with van der Waals surface area (Å²) in [6.45, 7) is 2.32. The second-order valence-electron chi connectivity index (χ2n) is 7.55. The Balaban J connectivity index is 1.30. The van der Waals surface area contributed by atoms with Crippen molar-refractivity contribution in [1.82, 2.24) is 0 Å². The van der Waals surface area contributed by atoms with Gasteiger partial charge in [0.1, 0.15) is 13.2 Å². The molecule has 1 saturated heterocycles. The first-order valence-electron chi connectivity index (χ1n) is 10.2. The zero-order chi connectivity index (χ0) is 21.4. The van der Waals surface area contributed by atoms with Gasteiger partial charge in [0.25, 0.3) is 0 Å². The minimum Gasteiger partial charge on any atom is -0.490 e. The molecular weight excluding hydrogens is 424 g/mol. The fourth-order valence-corrected chi connectivity index (χ4v) is 4.05. The summed E-state index contributed by atoms with van der Waals surface area (Å²) >= 11 is 6.33. The van der Waals surface area contributed by atoms with E-state index in [0.717, 1.165) is 6.42 Å². The molecule has 3 aliphatic heterocycles. The van der Waals surface area contributed by atoms with Gasteiger partial charge in [0.05, 0.1) is 29.8 Å². The third kappa shape index (κ3) is 3.95. The van der Waals surface area contributed by atoms with Crippen molar-refractivity contribution >= 4 is 34.8 Å². The van der Waals surface area contributed by atoms with Crippen molar-refractivity contribution in [3.05, 3.63) is 35.4 Å². The summed E-state index contributed by atoms with van der Waals surface area (Å²) in [4.78, 5) is 27.1. The number of hydrogen-bond donors (Lipinski definition) is 1. The molecule has 8 nitrogen and oxygen atoms in total. The first-order chi connectivity index (χ1) is 15.1. The molecule has 2 aromatic carbocycles. The average molecular weight is 445 g/mol. The molecule has 0 aromatic heterocycles. The molecule has 3 aliphatic rings. The van der Waals surface area contributed by atoms with E-state index in [4.69, 9.17) is 30.5 Å². The van der Waals surface area contributed by atoms with E-state index in [9.17, 15) is 9.59 Å². The third-order valence-corrected chi connectivity index (χ3v) is 5.74. The Hall–Kier alpha value is -3.13. The van der Waals surface area contributed by atoms with Crippen molar-refractivity contribution in [3.63, 3.8) is 0 Å². The smallest absolute Gasteiger partial charge is 0.229 e. The van der Waals surface area contributed by atoms with Crippen LogP contribution in [0.25, 0.3) is 0 Å². The number of fused-ring (bicyclic) bond motifs is 2. The molecule has 2 aromatic rings. The zero-order valence-corrected chi connectivity index (χ0v) is 17.4. The molecule has 9 heteroatoms. The predicted molar refractivity (Wildman–Crippen MR) is 114 cm³/mol. The van der Waals surface area contributed by atoms with E-state index < -0.39 is 5.92 Å². The summed E-state index contributed by atoms with van der Waals surface area (Å²) in [5.74, 6) is 1.45. The second-order valence-corrected chi connectivity index (χ2v) is 7.96. The maximum atomic E-state index is 12.9. The van der Waals surface area contributed by atoms with Crippen molar-refractivity contribution < 1.29 is 28.5 Å². The van der Waals surface area contributed by atoms with Crippen LogP contribution < -0.4 is 29.2 Å². The number of benzene rings is 2. The quantitative estimate of drug-likeness (QED) is 0.782. The minimum absolute atomic E-state index is 0.114. The first-order valence-corrected chi connectivity index (χ1v) is 10.6. The van der Waals surface area contributed by atoms with Gasteiger partial charge in [0, 0.05) is 43.3 Å². The number of halogens is 1. The Kier molecular flexibility index (Phi) is 5.23. The van der Waals surface area contributed by atoms with Crippen LogP contribution in [0.2, 0.25) is 5.02 Å². The van der Waals surface area contributed by atoms with Crippen molar-refractivity contribution in [2.24, 2.45) is 5.92 Å². The molecule has 0 saturated carbocycles. The molecular formula is C22H21ClN2O6. The highest BCUT2D eigenvalue weighted by Gasteiger charge is 2.36. The van der Waals surface area contributed by atoms with Gasteiger partial charge >= 0.3 is 0 Å². The number of hydrogen-bond acceptors (Lipinski definition) is 6. The summed E-state index contributed by atoms with van der Waals surface area (Å²) in [6.07, 6.45) is 0.885. The van der Waals surface area contributed by atoms with Gasteiger partial charge in [-0.1, -0.05) is 11.6 Å². The minimum atomic E-state index is -0.507. The van der Waals surface area contributed by atoms with E-state index in [1.54, 1.807) is 35.2 Å². The first kappa shape index (κ1) is 19.8. The number of nitrogens with zero attached hydrogens (tertiary/aromatic N) is 1. The highest BCUT2D eigenvalue weighted by atomic mass is 35.5. The van der Waals surface area contributed by atoms with Gasteiger partial charge < -0.3 is 29.2 Å². The molecule has 5 rings (SSSR count). The number of rotatable bonds is 3. The predicted octanol–water partition coefficient (Wildman–Crippen LogP) is 3.26. The number of ether oxygens (including phenoxy) is 4. The summed E-state index contributed by atoms with van der Waals surface area (Å²) in [6, 6.07) is 8.65. The van der Waals surface area contributed by atoms with Gasteiger partial charge in [-0.25, -0.2) is 0 Å². The van der Waals surface area contributed by atoms with Crippen LogP contribution in [0.15, 0.2) is 30.3 Å². The van der Waals surface area contributed by atoms with Gasteiger partial charge in [-0.3, -0.25) is 9.59 Å². The van der Waals surface area contributed by atoms with Gasteiger partial charge in [0.15, 0.2) is 23.0 Å². The van der Waals surface area contributed by atoms with E-state index in [0.29, 0.717) is 65.8 Å². The molecule has 0 aliphatic carbocycles. The molecule has 31 heavy (non-hydrogen) atoms. The highest BCUT2D eigenvalue weighted by Crippen LogP contribution is 2.39. The van der Waals surface area contributed by atoms with Crippen LogP contribution in [-0.2, 0) is 9.59 Å². The highest BCUT2D eigenvalue weighted by molar-refractivity contribution is 6.34. The molecule has 2 amide bonds. The average Bonchev–Trinajstić information content (AvgIpc) is 3.02. The molecule has 0 bridgehead atoms. The van der Waals surface area contributed by atoms with Gasteiger partial charge in [0.2, 0.25) is 11.8 Å². The molecule has 1 atom stereocenters. The summed E-state index contributed by atoms with van der Waals surface area (Å²) in [5.41, 5.74) is 1.11. The Morgan fingerprint density at radius 1 is 0.935 bits per heavy atom. The van der Waals surface area contributed by atoms with Crippen LogP contribution in [0.5, 0.6) is 23.0 Å². The van der Waals surface area contributed by atoms with Crippen LogP contribution >= 0.6 is 11.6 Å². The summed E-state index contributed by atoms with van der Waals surface area (Å²) < 4.78 is 22.4. The van der Waals surface area contributed by atoms with Crippen LogP contribution in [0.1, 0.15) is 12.8 Å². The van der Waals surface area contributed by atoms with Crippen molar-refractivity contribution in [2.45, 2.75) is 12.8 Å². The van der Waals surface area contributed by atoms with E-state index in [2.05, 4.69) is 5.32 Å². The zero-order valence-electron chi connectivity index (χ0n) is 16.7. The van der Waals surface area contributed by atoms with E-state index >= 15 is 0 Å². The van der Waals surface area contributed by atoms with E-state index in [1.165, 1.54) is 0 Å². The lowest BCUT2D eigenvalue weighted by Gasteiger charge is -2.22. The maximum absolute atomic E-state index is 12.9. The molecule has 0 radical (unpaired) electrons. The SMILES string of the molecule is O=C(Nc1cc2c(cc1Cl)OCCCO2)C1CC(=O)N(c2ccc3c(c2)OCCO3)C1. The Morgan fingerprint density at radius 3 is 2.42 bits per heavy atom. The van der Waals surface area contributed by atoms with Gasteiger partial charge in [-0.15, -0.1) is 0 Å². The fourth-order valence-electron chi connectivity index (χ4n) is 3.85. The lowest BCUT2D eigenvalue weighted by atomic mass is 10.1. The normalized spacial score (nSPS) is 19.7. The number of nitrogens with one attached hydrogen (secondary N) is 1. The fraction of sp³-hybridized carbons (Fsp3) is 0.364. The van der Waals surface area contributed by atoms with E-state index in [1.807, 2.05) is 0 Å². The lowest BCUT2D eigenvalue weighted by Crippen LogP contribution is -2.28. The van der Waals surface area contributed by atoms with Crippen LogP contribution in [0.3, 0.4) is 0 Å². The monoisotopic (exact) mass is 444 g/mol. The molecule has 0 spiro atoms. The molecule has 1 unspecified atom stereocenters. The standard InChI is InChI=1S/C22H21ClN2O6/c23-15-10-19-20(29-5-1-4-28-19)11-16(15)24-22(27)13-8-21(26)25(12-13)14-2-3-17-18(9-14)31-7-6-30-17/h2-3,9-11,13H,1,4-8,12H2,(H,24,27).